The molecule has 0 aromatic heterocycles. The van der Waals surface area contributed by atoms with Crippen LogP contribution in [0, 0.1) is 11.3 Å². The highest BCUT2D eigenvalue weighted by molar-refractivity contribution is 9.10. The van der Waals surface area contributed by atoms with Gasteiger partial charge in [-0.15, -0.1) is 0 Å². The third-order valence-corrected chi connectivity index (χ3v) is 4.08. The molecular weight excluding hydrogens is 312 g/mol. The molecule has 1 N–H and O–H groups in total. The second-order valence-corrected chi connectivity index (χ2v) is 6.09. The Hall–Kier alpha value is -1.79. The fraction of sp³-hybridized carbons (Fsp3) is 0.235. The second kappa shape index (κ2) is 5.68. The Morgan fingerprint density at radius 2 is 2.05 bits per heavy atom. The van der Waals surface area contributed by atoms with Crippen molar-refractivity contribution < 1.29 is 0 Å². The zero-order chi connectivity index (χ0) is 13.9. The van der Waals surface area contributed by atoms with Crippen LogP contribution in [-0.4, -0.2) is 0 Å². The molecule has 3 heteroatoms. The van der Waals surface area contributed by atoms with Gasteiger partial charge in [0.2, 0.25) is 0 Å². The van der Waals surface area contributed by atoms with E-state index in [4.69, 9.17) is 5.26 Å². The smallest absolute Gasteiger partial charge is 0.101 e. The molecule has 0 spiro atoms. The minimum atomic E-state index is 0.673. The molecule has 1 fully saturated rings. The molecular formula is C17H15BrN2. The molecule has 0 radical (unpaired) electrons. The first-order valence-electron chi connectivity index (χ1n) is 6.78. The third-order valence-electron chi connectivity index (χ3n) is 3.58. The molecule has 100 valence electrons. The number of nitrogens with zero attached hydrogens (tertiary/aromatic N) is 1. The number of rotatable bonds is 4. The summed E-state index contributed by atoms with van der Waals surface area (Å²) in [6.07, 6.45) is 2.64. The Morgan fingerprint density at radius 3 is 2.80 bits per heavy atom. The van der Waals surface area contributed by atoms with Crippen LogP contribution >= 0.6 is 15.9 Å². The molecule has 1 aliphatic carbocycles. The highest BCUT2D eigenvalue weighted by Gasteiger charge is 2.23. The second-order valence-electron chi connectivity index (χ2n) is 5.17. The first-order chi connectivity index (χ1) is 9.76. The van der Waals surface area contributed by atoms with Crippen molar-refractivity contribution in [2.45, 2.75) is 25.3 Å². The normalized spacial score (nSPS) is 13.8. The van der Waals surface area contributed by atoms with Gasteiger partial charge in [0.1, 0.15) is 6.07 Å². The Balaban J connectivity index is 1.74. The number of hydrogen-bond acceptors (Lipinski definition) is 2. The summed E-state index contributed by atoms with van der Waals surface area (Å²) in [5.74, 6) is 0.774. The monoisotopic (exact) mass is 326 g/mol. The SMILES string of the molecule is N#Cc1ccc(Br)cc1NCc1cccc(C2CC2)c1. The first kappa shape index (κ1) is 13.2. The van der Waals surface area contributed by atoms with Gasteiger partial charge in [0.25, 0.3) is 0 Å². The zero-order valence-corrected chi connectivity index (χ0v) is 12.7. The van der Waals surface area contributed by atoms with Crippen molar-refractivity contribution in [3.63, 3.8) is 0 Å². The maximum Gasteiger partial charge on any atom is 0.101 e. The zero-order valence-electron chi connectivity index (χ0n) is 11.1. The number of halogens is 1. The van der Waals surface area contributed by atoms with Gasteiger partial charge in [-0.1, -0.05) is 40.2 Å². The van der Waals surface area contributed by atoms with E-state index in [0.29, 0.717) is 5.56 Å². The molecule has 0 amide bonds. The average molecular weight is 327 g/mol. The van der Waals surface area contributed by atoms with E-state index in [9.17, 15) is 0 Å². The molecule has 0 saturated heterocycles. The van der Waals surface area contributed by atoms with E-state index < -0.39 is 0 Å². The largest absolute Gasteiger partial charge is 0.380 e. The molecule has 2 nitrogen and oxygen atoms in total. The number of nitrogens with one attached hydrogen (secondary N) is 1. The molecule has 1 saturated carbocycles. The molecule has 3 rings (SSSR count). The maximum absolute atomic E-state index is 9.13. The van der Waals surface area contributed by atoms with E-state index in [1.165, 1.54) is 24.0 Å². The van der Waals surface area contributed by atoms with Gasteiger partial charge in [-0.05, 0) is 48.1 Å². The maximum atomic E-state index is 9.13. The predicted octanol–water partition coefficient (Wildman–Crippen LogP) is 4.81. The minimum Gasteiger partial charge on any atom is -0.380 e. The standard InChI is InChI=1S/C17H15BrN2/c18-16-7-6-15(10-19)17(9-16)20-11-12-2-1-3-14(8-12)13-4-5-13/h1-3,6-9,13,20H,4-5,11H2. The van der Waals surface area contributed by atoms with E-state index in [1.54, 1.807) is 0 Å². The van der Waals surface area contributed by atoms with Gasteiger partial charge in [-0.2, -0.15) is 5.26 Å². The molecule has 20 heavy (non-hydrogen) atoms. The van der Waals surface area contributed by atoms with Crippen molar-refractivity contribution in [2.75, 3.05) is 5.32 Å². The first-order valence-corrected chi connectivity index (χ1v) is 7.58. The van der Waals surface area contributed by atoms with Crippen molar-refractivity contribution in [3.05, 3.63) is 63.6 Å². The Kier molecular flexibility index (Phi) is 3.75. The minimum absolute atomic E-state index is 0.673. The predicted molar refractivity (Wildman–Crippen MR) is 84.6 cm³/mol. The topological polar surface area (TPSA) is 35.8 Å². The molecule has 2 aromatic carbocycles. The number of anilines is 1. The highest BCUT2D eigenvalue weighted by atomic mass is 79.9. The molecule has 0 aliphatic heterocycles. The lowest BCUT2D eigenvalue weighted by molar-refractivity contribution is 1.08. The number of nitriles is 1. The summed E-state index contributed by atoms with van der Waals surface area (Å²) < 4.78 is 0.978. The van der Waals surface area contributed by atoms with Crippen LogP contribution in [0.4, 0.5) is 5.69 Å². The summed E-state index contributed by atoms with van der Waals surface area (Å²) in [5, 5.41) is 12.5. The lowest BCUT2D eigenvalue weighted by Gasteiger charge is -2.10. The lowest BCUT2D eigenvalue weighted by Crippen LogP contribution is -2.01. The number of benzene rings is 2. The summed E-state index contributed by atoms with van der Waals surface area (Å²) in [6.45, 7) is 0.742. The van der Waals surface area contributed by atoms with Crippen molar-refractivity contribution in [2.24, 2.45) is 0 Å². The van der Waals surface area contributed by atoms with Crippen molar-refractivity contribution in [1.82, 2.24) is 0 Å². The Morgan fingerprint density at radius 1 is 1.20 bits per heavy atom. The summed E-state index contributed by atoms with van der Waals surface area (Å²) >= 11 is 3.44. The van der Waals surface area contributed by atoms with Crippen LogP contribution in [0.3, 0.4) is 0 Å². The molecule has 0 unspecified atom stereocenters. The van der Waals surface area contributed by atoms with E-state index in [0.717, 1.165) is 22.6 Å². The highest BCUT2D eigenvalue weighted by Crippen LogP contribution is 2.40. The van der Waals surface area contributed by atoms with E-state index in [-0.39, 0.29) is 0 Å². The summed E-state index contributed by atoms with van der Waals surface area (Å²) in [5.41, 5.74) is 4.25. The fourth-order valence-corrected chi connectivity index (χ4v) is 2.69. The van der Waals surface area contributed by atoms with Gasteiger partial charge in [-0.25, -0.2) is 0 Å². The van der Waals surface area contributed by atoms with Crippen LogP contribution in [0.5, 0.6) is 0 Å². The summed E-state index contributed by atoms with van der Waals surface area (Å²) in [7, 11) is 0. The van der Waals surface area contributed by atoms with Gasteiger partial charge in [0, 0.05) is 11.0 Å². The molecule has 0 atom stereocenters. The third kappa shape index (κ3) is 3.02. The fourth-order valence-electron chi connectivity index (χ4n) is 2.33. The Bertz CT molecular complexity index is 669. The average Bonchev–Trinajstić information content (AvgIpc) is 3.30. The van der Waals surface area contributed by atoms with Gasteiger partial charge >= 0.3 is 0 Å². The van der Waals surface area contributed by atoms with Crippen LogP contribution in [-0.2, 0) is 6.54 Å². The van der Waals surface area contributed by atoms with Crippen molar-refractivity contribution in [1.29, 1.82) is 5.26 Å². The van der Waals surface area contributed by atoms with Gasteiger partial charge in [-0.3, -0.25) is 0 Å². The van der Waals surface area contributed by atoms with Crippen LogP contribution in [0.25, 0.3) is 0 Å². The van der Waals surface area contributed by atoms with Crippen LogP contribution in [0.15, 0.2) is 46.9 Å². The van der Waals surface area contributed by atoms with E-state index in [1.807, 2.05) is 18.2 Å². The quantitative estimate of drug-likeness (QED) is 0.875. The van der Waals surface area contributed by atoms with Gasteiger partial charge in [0.15, 0.2) is 0 Å². The molecule has 0 bridgehead atoms. The van der Waals surface area contributed by atoms with Crippen LogP contribution < -0.4 is 5.32 Å². The summed E-state index contributed by atoms with van der Waals surface area (Å²) in [6, 6.07) is 16.6. The summed E-state index contributed by atoms with van der Waals surface area (Å²) in [4.78, 5) is 0. The lowest BCUT2D eigenvalue weighted by atomic mass is 10.1. The molecule has 0 heterocycles. The van der Waals surface area contributed by atoms with Crippen molar-refractivity contribution >= 4 is 21.6 Å². The van der Waals surface area contributed by atoms with Gasteiger partial charge in [0.05, 0.1) is 11.3 Å². The molecule has 1 aliphatic rings. The van der Waals surface area contributed by atoms with Gasteiger partial charge < -0.3 is 5.32 Å². The molecule has 2 aromatic rings. The van der Waals surface area contributed by atoms with E-state index in [2.05, 4.69) is 51.6 Å². The van der Waals surface area contributed by atoms with Crippen LogP contribution in [0.2, 0.25) is 0 Å². The van der Waals surface area contributed by atoms with E-state index >= 15 is 0 Å². The van der Waals surface area contributed by atoms with Crippen LogP contribution in [0.1, 0.15) is 35.4 Å². The Labute approximate surface area is 127 Å². The van der Waals surface area contributed by atoms with Crippen molar-refractivity contribution in [3.8, 4) is 6.07 Å². The number of hydrogen-bond donors (Lipinski definition) is 1.